The lowest BCUT2D eigenvalue weighted by atomic mass is 10.1. The zero-order valence-electron chi connectivity index (χ0n) is 18.6. The molecule has 0 heterocycles. The number of carboxylic acid groups (broad SMARTS) is 1. The summed E-state index contributed by atoms with van der Waals surface area (Å²) < 4.78 is 4.69. The fraction of sp³-hybridized carbons (Fsp3) is 0.818. The van der Waals surface area contributed by atoms with E-state index >= 15 is 0 Å². The van der Waals surface area contributed by atoms with Crippen molar-refractivity contribution in [2.45, 2.75) is 116 Å². The van der Waals surface area contributed by atoms with Crippen molar-refractivity contribution in [3.05, 3.63) is 12.7 Å². The summed E-state index contributed by atoms with van der Waals surface area (Å²) in [5.74, 6) is -1.06. The predicted molar refractivity (Wildman–Crippen MR) is 131 cm³/mol. The molecule has 0 aromatic carbocycles. The number of carbonyl (C=O) groups excluding carboxylic acids is 1. The van der Waals surface area contributed by atoms with Crippen molar-refractivity contribution in [1.29, 1.82) is 0 Å². The van der Waals surface area contributed by atoms with Gasteiger partial charge in [-0.05, 0) is 25.7 Å². The van der Waals surface area contributed by atoms with Crippen molar-refractivity contribution in [1.82, 2.24) is 0 Å². The molecule has 0 aromatic heterocycles. The molecule has 0 radical (unpaired) electrons. The zero-order valence-corrected chi connectivity index (χ0v) is 21.9. The van der Waals surface area contributed by atoms with Crippen molar-refractivity contribution in [2.75, 3.05) is 0 Å². The highest BCUT2D eigenvalue weighted by molar-refractivity contribution is 7.62. The van der Waals surface area contributed by atoms with Crippen LogP contribution in [0.5, 0.6) is 0 Å². The molecular formula is C22H41Cl3O4Si. The summed E-state index contributed by atoms with van der Waals surface area (Å²) in [6.07, 6.45) is 16.7. The van der Waals surface area contributed by atoms with Crippen LogP contribution in [0.25, 0.3) is 0 Å². The van der Waals surface area contributed by atoms with E-state index in [4.69, 9.17) is 42.8 Å². The van der Waals surface area contributed by atoms with Gasteiger partial charge in [0.15, 0.2) is 0 Å². The molecule has 30 heavy (non-hydrogen) atoms. The van der Waals surface area contributed by atoms with Crippen molar-refractivity contribution in [3.8, 4) is 0 Å². The minimum atomic E-state index is -3.24. The van der Waals surface area contributed by atoms with Crippen molar-refractivity contribution < 1.29 is 19.1 Å². The van der Waals surface area contributed by atoms with E-state index in [1.54, 1.807) is 0 Å². The highest BCUT2D eigenvalue weighted by Gasteiger charge is 2.32. The highest BCUT2D eigenvalue weighted by atomic mass is 35.8. The topological polar surface area (TPSA) is 63.6 Å². The van der Waals surface area contributed by atoms with Crippen LogP contribution in [0.4, 0.5) is 0 Å². The number of hydrogen-bond acceptors (Lipinski definition) is 3. The maximum atomic E-state index is 11.2. The van der Waals surface area contributed by atoms with Gasteiger partial charge in [-0.15, -0.1) is 6.58 Å². The van der Waals surface area contributed by atoms with Gasteiger partial charge in [-0.2, -0.15) is 0 Å². The van der Waals surface area contributed by atoms with E-state index in [-0.39, 0.29) is 5.97 Å². The Labute approximate surface area is 198 Å². The molecule has 0 saturated carbocycles. The molecule has 8 heteroatoms. The molecule has 0 aliphatic carbocycles. The van der Waals surface area contributed by atoms with Crippen LogP contribution < -0.4 is 0 Å². The van der Waals surface area contributed by atoms with Crippen LogP contribution in [-0.2, 0) is 14.0 Å². The molecule has 0 rings (SSSR count). The quantitative estimate of drug-likeness (QED) is 0.0829. The van der Waals surface area contributed by atoms with Gasteiger partial charge in [0.2, 0.25) is 0 Å². The summed E-state index contributed by atoms with van der Waals surface area (Å²) in [7, 11) is 0. The average Bonchev–Trinajstić information content (AvgIpc) is 2.65. The molecular weight excluding hydrogens is 463 g/mol. The SMILES string of the molecule is C=CCCCCCCCCC(=O)O.CCCCCCCCCCC(=O)O[Si](Cl)(Cl)Cl. The molecule has 178 valence electrons. The summed E-state index contributed by atoms with van der Waals surface area (Å²) in [5, 5.41) is 8.38. The van der Waals surface area contributed by atoms with Crippen molar-refractivity contribution in [2.24, 2.45) is 0 Å². The first-order valence-corrected chi connectivity index (χ1v) is 16.3. The molecule has 0 atom stereocenters. The number of unbranched alkanes of at least 4 members (excludes halogenated alkanes) is 13. The second-order valence-electron chi connectivity index (χ2n) is 7.49. The van der Waals surface area contributed by atoms with Crippen molar-refractivity contribution >= 4 is 51.4 Å². The fourth-order valence-electron chi connectivity index (χ4n) is 2.86. The Hall–Kier alpha value is -0.233. The lowest BCUT2D eigenvalue weighted by Gasteiger charge is -2.09. The van der Waals surface area contributed by atoms with Crippen LogP contribution in [0.1, 0.15) is 116 Å². The number of carboxylic acids is 1. The summed E-state index contributed by atoms with van der Waals surface area (Å²) in [6, 6.07) is 0. The summed E-state index contributed by atoms with van der Waals surface area (Å²) in [5.41, 5.74) is 0. The number of hydrogen-bond donors (Lipinski definition) is 1. The molecule has 0 aliphatic heterocycles. The van der Waals surface area contributed by atoms with E-state index in [0.29, 0.717) is 12.8 Å². The number of carbonyl (C=O) groups is 2. The zero-order chi connectivity index (χ0) is 23.1. The predicted octanol–water partition coefficient (Wildman–Crippen LogP) is 8.59. The third-order valence-electron chi connectivity index (χ3n) is 4.51. The molecule has 0 bridgehead atoms. The van der Waals surface area contributed by atoms with Gasteiger partial charge in [0, 0.05) is 12.8 Å². The molecule has 0 saturated heterocycles. The molecule has 1 N–H and O–H groups in total. The largest absolute Gasteiger partial charge is 0.557 e. The lowest BCUT2D eigenvalue weighted by molar-refractivity contribution is -0.137. The minimum Gasteiger partial charge on any atom is -0.481 e. The van der Waals surface area contributed by atoms with Gasteiger partial charge in [0.1, 0.15) is 0 Å². The molecule has 4 nitrogen and oxygen atoms in total. The van der Waals surface area contributed by atoms with Gasteiger partial charge in [0.25, 0.3) is 5.97 Å². The van der Waals surface area contributed by atoms with Gasteiger partial charge in [-0.25, -0.2) is 0 Å². The Morgan fingerprint density at radius 2 is 1.23 bits per heavy atom. The van der Waals surface area contributed by atoms with Crippen LogP contribution in [0.15, 0.2) is 12.7 Å². The third kappa shape index (κ3) is 32.4. The van der Waals surface area contributed by atoms with E-state index in [0.717, 1.165) is 32.1 Å². The van der Waals surface area contributed by atoms with E-state index in [1.807, 2.05) is 6.08 Å². The smallest absolute Gasteiger partial charge is 0.481 e. The molecule has 0 spiro atoms. The van der Waals surface area contributed by atoms with Crippen LogP contribution >= 0.6 is 33.2 Å². The van der Waals surface area contributed by atoms with Crippen LogP contribution in [-0.4, -0.2) is 23.3 Å². The number of allylic oxidation sites excluding steroid dienone is 1. The van der Waals surface area contributed by atoms with Crippen LogP contribution in [0, 0.1) is 0 Å². The van der Waals surface area contributed by atoms with Crippen LogP contribution in [0.2, 0.25) is 0 Å². The molecule has 0 unspecified atom stereocenters. The van der Waals surface area contributed by atoms with E-state index in [2.05, 4.69) is 13.5 Å². The van der Waals surface area contributed by atoms with Gasteiger partial charge in [-0.3, -0.25) is 9.59 Å². The third-order valence-corrected chi connectivity index (χ3v) is 5.67. The van der Waals surface area contributed by atoms with E-state index in [1.165, 1.54) is 64.2 Å². The second-order valence-corrected chi connectivity index (χ2v) is 15.1. The first kappa shape index (κ1) is 31.9. The van der Waals surface area contributed by atoms with Crippen LogP contribution in [0.3, 0.4) is 0 Å². The molecule has 0 fully saturated rings. The molecule has 0 amide bonds. The number of halogens is 3. The number of aliphatic carboxylic acids is 1. The average molecular weight is 504 g/mol. The van der Waals surface area contributed by atoms with Gasteiger partial charge in [0.05, 0.1) is 0 Å². The maximum Gasteiger partial charge on any atom is 0.557 e. The second kappa shape index (κ2) is 23.4. The van der Waals surface area contributed by atoms with E-state index in [9.17, 15) is 9.59 Å². The first-order chi connectivity index (χ1) is 14.2. The van der Waals surface area contributed by atoms with E-state index < -0.39 is 12.2 Å². The molecule has 0 aromatic rings. The standard InChI is InChI=1S/C11H21Cl3O2Si.C11H20O2/c1-2-3-4-5-6-7-8-9-10-11(15)16-17(12,13)14;1-2-3-4-5-6-7-8-9-10-11(12)13/h2-10H2,1H3;2H,1,3-10H2,(H,12,13). The maximum absolute atomic E-state index is 11.2. The molecule has 0 aliphatic rings. The number of rotatable bonds is 19. The van der Waals surface area contributed by atoms with Gasteiger partial charge in [-0.1, -0.05) is 117 Å². The summed E-state index contributed by atoms with van der Waals surface area (Å²) in [4.78, 5) is 21.4. The normalized spacial score (nSPS) is 10.8. The fourth-order valence-corrected chi connectivity index (χ4v) is 3.99. The minimum absolute atomic E-state index is 0.326. The monoisotopic (exact) mass is 502 g/mol. The highest BCUT2D eigenvalue weighted by Crippen LogP contribution is 2.22. The Balaban J connectivity index is 0. The summed E-state index contributed by atoms with van der Waals surface area (Å²) in [6.45, 7) is 5.87. The van der Waals surface area contributed by atoms with Crippen molar-refractivity contribution in [3.63, 3.8) is 0 Å². The van der Waals surface area contributed by atoms with Gasteiger partial charge < -0.3 is 9.53 Å². The van der Waals surface area contributed by atoms with Gasteiger partial charge >= 0.3 is 12.2 Å². The first-order valence-electron chi connectivity index (χ1n) is 11.3. The Morgan fingerprint density at radius 1 is 0.800 bits per heavy atom. The Morgan fingerprint density at radius 3 is 1.67 bits per heavy atom. The summed E-state index contributed by atoms with van der Waals surface area (Å²) >= 11 is 16.4. The Bertz CT molecular complexity index is 429. The Kier molecular flexibility index (Phi) is 25.0. The lowest BCUT2D eigenvalue weighted by Crippen LogP contribution is -2.21.